The van der Waals surface area contributed by atoms with Crippen molar-refractivity contribution in [1.82, 2.24) is 25.6 Å². The topological polar surface area (TPSA) is 107 Å². The largest absolute Gasteiger partial charge is 0.339 e. The van der Waals surface area contributed by atoms with Crippen LogP contribution in [-0.4, -0.2) is 32.1 Å². The lowest BCUT2D eigenvalue weighted by molar-refractivity contribution is 0.324. The second-order valence-electron chi connectivity index (χ2n) is 3.90. The summed E-state index contributed by atoms with van der Waals surface area (Å²) in [7, 11) is 0. The maximum absolute atomic E-state index is 5.67. The van der Waals surface area contributed by atoms with Crippen LogP contribution >= 0.6 is 0 Å². The number of aromatic amines is 1. The zero-order valence-electron chi connectivity index (χ0n) is 9.21. The van der Waals surface area contributed by atoms with Crippen LogP contribution in [0.25, 0.3) is 11.5 Å². The lowest BCUT2D eigenvalue weighted by atomic mass is 9.96. The smallest absolute Gasteiger partial charge is 0.231 e. The standard InChI is InChI=1S/C9H14N6O/c1-5(2)6(3-10)9-12-8(14-16-9)7-4-11-15-13-7/h4-6H,3,10H2,1-2H3,(H,11,13,15). The minimum absolute atomic E-state index is 0.0770. The molecule has 0 amide bonds. The zero-order chi connectivity index (χ0) is 11.5. The Hall–Kier alpha value is -1.76. The minimum atomic E-state index is 0.0770. The molecule has 0 saturated carbocycles. The van der Waals surface area contributed by atoms with Gasteiger partial charge in [0, 0.05) is 6.54 Å². The molecule has 0 fully saturated rings. The summed E-state index contributed by atoms with van der Waals surface area (Å²) in [4.78, 5) is 4.26. The third-order valence-corrected chi connectivity index (χ3v) is 2.46. The monoisotopic (exact) mass is 222 g/mol. The molecule has 0 radical (unpaired) electrons. The first-order chi connectivity index (χ1) is 7.72. The fourth-order valence-electron chi connectivity index (χ4n) is 1.46. The molecule has 7 heteroatoms. The van der Waals surface area contributed by atoms with E-state index in [1.54, 1.807) is 6.20 Å². The maximum Gasteiger partial charge on any atom is 0.231 e. The van der Waals surface area contributed by atoms with Gasteiger partial charge in [0.15, 0.2) is 5.69 Å². The summed E-state index contributed by atoms with van der Waals surface area (Å²) >= 11 is 0. The second-order valence-corrected chi connectivity index (χ2v) is 3.90. The number of nitrogens with zero attached hydrogens (tertiary/aromatic N) is 4. The molecule has 0 aliphatic carbocycles. The number of H-pyrrole nitrogens is 1. The predicted molar refractivity (Wildman–Crippen MR) is 56.3 cm³/mol. The van der Waals surface area contributed by atoms with Crippen LogP contribution < -0.4 is 5.73 Å². The van der Waals surface area contributed by atoms with Gasteiger partial charge in [-0.1, -0.05) is 19.0 Å². The Morgan fingerprint density at radius 2 is 2.31 bits per heavy atom. The first kappa shape index (κ1) is 10.7. The van der Waals surface area contributed by atoms with Crippen LogP contribution in [0.2, 0.25) is 0 Å². The molecule has 0 aliphatic rings. The molecule has 16 heavy (non-hydrogen) atoms. The van der Waals surface area contributed by atoms with Crippen molar-refractivity contribution in [3.8, 4) is 11.5 Å². The molecule has 0 bridgehead atoms. The summed E-state index contributed by atoms with van der Waals surface area (Å²) in [6.45, 7) is 4.62. The van der Waals surface area contributed by atoms with Gasteiger partial charge in [-0.3, -0.25) is 0 Å². The number of nitrogens with one attached hydrogen (secondary N) is 1. The van der Waals surface area contributed by atoms with Gasteiger partial charge in [-0.25, -0.2) is 0 Å². The number of rotatable bonds is 4. The highest BCUT2D eigenvalue weighted by atomic mass is 16.5. The predicted octanol–water partition coefficient (Wildman–Crippen LogP) is 0.553. The van der Waals surface area contributed by atoms with Crippen LogP contribution in [0.15, 0.2) is 10.7 Å². The summed E-state index contributed by atoms with van der Waals surface area (Å²) in [5, 5.41) is 13.9. The number of hydrogen-bond donors (Lipinski definition) is 2. The average Bonchev–Trinajstić information content (AvgIpc) is 2.86. The molecular formula is C9H14N6O. The maximum atomic E-state index is 5.67. The Bertz CT molecular complexity index is 435. The minimum Gasteiger partial charge on any atom is -0.339 e. The van der Waals surface area contributed by atoms with Crippen LogP contribution in [-0.2, 0) is 0 Å². The first-order valence-electron chi connectivity index (χ1n) is 5.12. The molecule has 0 saturated heterocycles. The van der Waals surface area contributed by atoms with E-state index in [0.717, 1.165) is 0 Å². The molecule has 2 aromatic heterocycles. The zero-order valence-corrected chi connectivity index (χ0v) is 9.21. The fourth-order valence-corrected chi connectivity index (χ4v) is 1.46. The van der Waals surface area contributed by atoms with E-state index in [-0.39, 0.29) is 5.92 Å². The van der Waals surface area contributed by atoms with E-state index in [1.165, 1.54) is 0 Å². The van der Waals surface area contributed by atoms with Crippen LogP contribution in [0.1, 0.15) is 25.7 Å². The van der Waals surface area contributed by atoms with Crippen molar-refractivity contribution in [2.45, 2.75) is 19.8 Å². The van der Waals surface area contributed by atoms with Gasteiger partial charge in [-0.05, 0) is 5.92 Å². The number of hydrogen-bond acceptors (Lipinski definition) is 6. The van der Waals surface area contributed by atoms with E-state index in [0.29, 0.717) is 29.9 Å². The van der Waals surface area contributed by atoms with Crippen molar-refractivity contribution in [2.24, 2.45) is 11.7 Å². The van der Waals surface area contributed by atoms with E-state index in [9.17, 15) is 0 Å². The number of aromatic nitrogens is 5. The van der Waals surface area contributed by atoms with E-state index < -0.39 is 0 Å². The molecule has 86 valence electrons. The molecule has 2 rings (SSSR count). The van der Waals surface area contributed by atoms with Crippen molar-refractivity contribution in [3.63, 3.8) is 0 Å². The normalized spacial score (nSPS) is 13.2. The third-order valence-electron chi connectivity index (χ3n) is 2.46. The second kappa shape index (κ2) is 4.40. The summed E-state index contributed by atoms with van der Waals surface area (Å²) in [5.41, 5.74) is 6.24. The Morgan fingerprint density at radius 1 is 1.50 bits per heavy atom. The van der Waals surface area contributed by atoms with E-state index >= 15 is 0 Å². The van der Waals surface area contributed by atoms with Crippen LogP contribution in [0.4, 0.5) is 0 Å². The average molecular weight is 222 g/mol. The van der Waals surface area contributed by atoms with Crippen molar-refractivity contribution in [2.75, 3.05) is 6.54 Å². The molecule has 3 N–H and O–H groups in total. The Balaban J connectivity index is 2.25. The van der Waals surface area contributed by atoms with Gasteiger partial charge in [0.25, 0.3) is 0 Å². The van der Waals surface area contributed by atoms with Gasteiger partial charge in [0.05, 0.1) is 12.1 Å². The summed E-state index contributed by atoms with van der Waals surface area (Å²) in [6, 6.07) is 0. The summed E-state index contributed by atoms with van der Waals surface area (Å²) in [6.07, 6.45) is 1.54. The Morgan fingerprint density at radius 3 is 2.88 bits per heavy atom. The molecule has 2 heterocycles. The van der Waals surface area contributed by atoms with Crippen molar-refractivity contribution in [1.29, 1.82) is 0 Å². The summed E-state index contributed by atoms with van der Waals surface area (Å²) < 4.78 is 5.18. The highest BCUT2D eigenvalue weighted by Crippen LogP contribution is 2.23. The van der Waals surface area contributed by atoms with Crippen molar-refractivity contribution < 1.29 is 4.52 Å². The van der Waals surface area contributed by atoms with E-state index in [4.69, 9.17) is 10.3 Å². The Kier molecular flexibility index (Phi) is 2.95. The molecular weight excluding hydrogens is 208 g/mol. The number of nitrogens with two attached hydrogens (primary N) is 1. The third kappa shape index (κ3) is 1.94. The summed E-state index contributed by atoms with van der Waals surface area (Å²) in [5.74, 6) is 1.42. The van der Waals surface area contributed by atoms with Gasteiger partial charge in [0.1, 0.15) is 0 Å². The van der Waals surface area contributed by atoms with Gasteiger partial charge < -0.3 is 10.3 Å². The fraction of sp³-hybridized carbons (Fsp3) is 0.556. The quantitative estimate of drug-likeness (QED) is 0.782. The molecule has 1 atom stereocenters. The van der Waals surface area contributed by atoms with Gasteiger partial charge in [-0.15, -0.1) is 0 Å². The van der Waals surface area contributed by atoms with Crippen molar-refractivity contribution >= 4 is 0 Å². The van der Waals surface area contributed by atoms with E-state index in [2.05, 4.69) is 39.4 Å². The van der Waals surface area contributed by atoms with Crippen LogP contribution in [0.5, 0.6) is 0 Å². The molecule has 1 unspecified atom stereocenters. The highest BCUT2D eigenvalue weighted by Gasteiger charge is 2.21. The SMILES string of the molecule is CC(C)C(CN)c1nc(-c2cn[nH]n2)no1. The van der Waals surface area contributed by atoms with Crippen molar-refractivity contribution in [3.05, 3.63) is 12.1 Å². The molecule has 2 aromatic rings. The van der Waals surface area contributed by atoms with Crippen LogP contribution in [0.3, 0.4) is 0 Å². The highest BCUT2D eigenvalue weighted by molar-refractivity contribution is 5.44. The lowest BCUT2D eigenvalue weighted by Gasteiger charge is -2.12. The van der Waals surface area contributed by atoms with Gasteiger partial charge >= 0.3 is 0 Å². The Labute approximate surface area is 92.4 Å². The first-order valence-corrected chi connectivity index (χ1v) is 5.12. The van der Waals surface area contributed by atoms with Crippen LogP contribution in [0, 0.1) is 5.92 Å². The molecule has 0 spiro atoms. The molecule has 0 aromatic carbocycles. The van der Waals surface area contributed by atoms with E-state index in [1.807, 2.05) is 0 Å². The van der Waals surface area contributed by atoms with Gasteiger partial charge in [0.2, 0.25) is 11.7 Å². The van der Waals surface area contributed by atoms with Gasteiger partial charge in [-0.2, -0.15) is 20.4 Å². The lowest BCUT2D eigenvalue weighted by Crippen LogP contribution is -2.18. The molecule has 0 aliphatic heterocycles. The molecule has 7 nitrogen and oxygen atoms in total.